The van der Waals surface area contributed by atoms with E-state index in [2.05, 4.69) is 25.2 Å². The fraction of sp³-hybridized carbons (Fsp3) is 0.471. The topological polar surface area (TPSA) is 66.5 Å². The van der Waals surface area contributed by atoms with Crippen molar-refractivity contribution in [1.29, 1.82) is 0 Å². The number of imide groups is 1. The fourth-order valence-corrected chi connectivity index (χ4v) is 3.28. The quantitative estimate of drug-likeness (QED) is 0.863. The summed E-state index contributed by atoms with van der Waals surface area (Å²) in [6.07, 6.45) is 1.61. The van der Waals surface area contributed by atoms with E-state index in [9.17, 15) is 14.4 Å². The maximum absolute atomic E-state index is 12.6. The minimum Gasteiger partial charge on any atom is -0.322 e. The van der Waals surface area contributed by atoms with Gasteiger partial charge in [0.05, 0.1) is 0 Å². The molecule has 1 aromatic carbocycles. The highest BCUT2D eigenvalue weighted by Gasteiger charge is 2.39. The van der Waals surface area contributed by atoms with Gasteiger partial charge in [-0.15, -0.1) is 0 Å². The number of hydrogen-bond donors (Lipinski definition) is 1. The second-order valence-corrected chi connectivity index (χ2v) is 6.44. The molecule has 1 N–H and O–H groups in total. The molecule has 1 unspecified atom stereocenters. The van der Waals surface area contributed by atoms with Gasteiger partial charge in [-0.25, -0.2) is 0 Å². The molecule has 0 spiro atoms. The first-order valence-electron chi connectivity index (χ1n) is 7.72. The summed E-state index contributed by atoms with van der Waals surface area (Å²) in [6, 6.07) is 5.25. The van der Waals surface area contributed by atoms with Gasteiger partial charge >= 0.3 is 0 Å². The molecule has 22 heavy (non-hydrogen) atoms. The second kappa shape index (κ2) is 5.55. The summed E-state index contributed by atoms with van der Waals surface area (Å²) in [4.78, 5) is 37.5. The molecule has 0 radical (unpaired) electrons. The average Bonchev–Trinajstić information content (AvgIpc) is 2.77. The van der Waals surface area contributed by atoms with E-state index in [-0.39, 0.29) is 24.1 Å². The number of carbonyl (C=O) groups is 3. The smallest absolute Gasteiger partial charge is 0.255 e. The minimum atomic E-state index is -0.538. The number of rotatable bonds is 3. The number of hydrogen-bond acceptors (Lipinski definition) is 3. The Bertz CT molecular complexity index is 651. The molecule has 116 valence electrons. The fourth-order valence-electron chi connectivity index (χ4n) is 3.28. The molecular weight excluding hydrogens is 280 g/mol. The Morgan fingerprint density at radius 1 is 1.27 bits per heavy atom. The van der Waals surface area contributed by atoms with E-state index >= 15 is 0 Å². The number of piperidine rings is 1. The summed E-state index contributed by atoms with van der Waals surface area (Å²) in [5.74, 6) is -0.213. The third-order valence-corrected chi connectivity index (χ3v) is 4.31. The van der Waals surface area contributed by atoms with Crippen LogP contribution in [0, 0.1) is 5.92 Å². The largest absolute Gasteiger partial charge is 0.322 e. The molecule has 3 rings (SSSR count). The molecule has 2 aliphatic heterocycles. The van der Waals surface area contributed by atoms with Crippen LogP contribution in [0.2, 0.25) is 0 Å². The molecular formula is C17H20N2O3. The van der Waals surface area contributed by atoms with Crippen molar-refractivity contribution in [3.8, 4) is 0 Å². The van der Waals surface area contributed by atoms with Crippen LogP contribution in [0.5, 0.6) is 0 Å². The monoisotopic (exact) mass is 300 g/mol. The number of carbonyl (C=O) groups excluding carboxylic acids is 3. The van der Waals surface area contributed by atoms with Gasteiger partial charge in [-0.2, -0.15) is 0 Å². The van der Waals surface area contributed by atoms with Gasteiger partial charge in [0.15, 0.2) is 0 Å². The summed E-state index contributed by atoms with van der Waals surface area (Å²) in [5.41, 5.74) is 2.91. The van der Waals surface area contributed by atoms with Gasteiger partial charge in [0, 0.05) is 18.5 Å². The maximum Gasteiger partial charge on any atom is 0.255 e. The molecule has 5 nitrogen and oxygen atoms in total. The van der Waals surface area contributed by atoms with Gasteiger partial charge in [0.2, 0.25) is 11.8 Å². The lowest BCUT2D eigenvalue weighted by atomic mass is 9.96. The van der Waals surface area contributed by atoms with Crippen molar-refractivity contribution in [2.24, 2.45) is 5.92 Å². The summed E-state index contributed by atoms with van der Waals surface area (Å²) >= 11 is 0. The molecule has 5 heteroatoms. The van der Waals surface area contributed by atoms with Gasteiger partial charge in [-0.1, -0.05) is 26.0 Å². The van der Waals surface area contributed by atoms with Crippen LogP contribution >= 0.6 is 0 Å². The van der Waals surface area contributed by atoms with E-state index in [1.54, 1.807) is 4.90 Å². The standard InChI is InChI=1S/C17H20N2O3/c1-10(2)8-11-4-3-5-12-13(11)9-19(17(12)22)14-6-7-15(20)18-16(14)21/h3-5,10,14H,6-9H2,1-2H3,(H,18,20,21). The van der Waals surface area contributed by atoms with Crippen molar-refractivity contribution in [2.75, 3.05) is 0 Å². The van der Waals surface area contributed by atoms with E-state index in [0.717, 1.165) is 12.0 Å². The van der Waals surface area contributed by atoms with E-state index in [4.69, 9.17) is 0 Å². The lowest BCUT2D eigenvalue weighted by Gasteiger charge is -2.29. The van der Waals surface area contributed by atoms with Gasteiger partial charge in [-0.05, 0) is 36.0 Å². The van der Waals surface area contributed by atoms with Crippen molar-refractivity contribution in [1.82, 2.24) is 10.2 Å². The Morgan fingerprint density at radius 3 is 2.73 bits per heavy atom. The number of benzene rings is 1. The zero-order valence-electron chi connectivity index (χ0n) is 12.9. The molecule has 1 fully saturated rings. The van der Waals surface area contributed by atoms with Crippen LogP contribution in [0.4, 0.5) is 0 Å². The lowest BCUT2D eigenvalue weighted by molar-refractivity contribution is -0.136. The zero-order valence-corrected chi connectivity index (χ0v) is 12.9. The summed E-state index contributed by atoms with van der Waals surface area (Å²) < 4.78 is 0. The first-order valence-corrected chi connectivity index (χ1v) is 7.72. The summed E-state index contributed by atoms with van der Waals surface area (Å²) in [6.45, 7) is 4.76. The molecule has 1 saturated heterocycles. The lowest BCUT2D eigenvalue weighted by Crippen LogP contribution is -2.52. The van der Waals surface area contributed by atoms with Gasteiger partial charge in [0.1, 0.15) is 6.04 Å². The Morgan fingerprint density at radius 2 is 2.05 bits per heavy atom. The molecule has 3 amide bonds. The summed E-state index contributed by atoms with van der Waals surface area (Å²) in [7, 11) is 0. The third kappa shape index (κ3) is 2.51. The highest BCUT2D eigenvalue weighted by Crippen LogP contribution is 2.30. The minimum absolute atomic E-state index is 0.102. The molecule has 2 aliphatic rings. The zero-order chi connectivity index (χ0) is 15.9. The van der Waals surface area contributed by atoms with Crippen LogP contribution in [0.3, 0.4) is 0 Å². The number of fused-ring (bicyclic) bond motifs is 1. The van der Waals surface area contributed by atoms with Gasteiger partial charge in [0.25, 0.3) is 5.91 Å². The summed E-state index contributed by atoms with van der Waals surface area (Å²) in [5, 5.41) is 2.33. The SMILES string of the molecule is CC(C)Cc1cccc2c1CN(C1CCC(=O)NC1=O)C2=O. The van der Waals surface area contributed by atoms with Crippen molar-refractivity contribution in [3.63, 3.8) is 0 Å². The van der Waals surface area contributed by atoms with Crippen LogP contribution in [0.1, 0.15) is 48.2 Å². The van der Waals surface area contributed by atoms with E-state index in [0.29, 0.717) is 24.4 Å². The van der Waals surface area contributed by atoms with Crippen molar-refractivity contribution in [3.05, 3.63) is 34.9 Å². The van der Waals surface area contributed by atoms with Gasteiger partial charge < -0.3 is 4.90 Å². The van der Waals surface area contributed by atoms with Crippen LogP contribution in [0.25, 0.3) is 0 Å². The number of amides is 3. The Kier molecular flexibility index (Phi) is 3.72. The molecule has 0 aromatic heterocycles. The first-order chi connectivity index (χ1) is 10.5. The normalized spacial score (nSPS) is 21.3. The van der Waals surface area contributed by atoms with Crippen LogP contribution < -0.4 is 5.32 Å². The number of nitrogens with one attached hydrogen (secondary N) is 1. The first kappa shape index (κ1) is 14.8. The highest BCUT2D eigenvalue weighted by molar-refractivity contribution is 6.05. The molecule has 0 aliphatic carbocycles. The van der Waals surface area contributed by atoms with E-state index < -0.39 is 6.04 Å². The molecule has 1 atom stereocenters. The Hall–Kier alpha value is -2.17. The molecule has 0 saturated carbocycles. The Labute approximate surface area is 129 Å². The second-order valence-electron chi connectivity index (χ2n) is 6.44. The maximum atomic E-state index is 12.6. The van der Waals surface area contributed by atoms with Crippen molar-refractivity contribution < 1.29 is 14.4 Å². The highest BCUT2D eigenvalue weighted by atomic mass is 16.2. The van der Waals surface area contributed by atoms with Crippen molar-refractivity contribution in [2.45, 2.75) is 45.7 Å². The van der Waals surface area contributed by atoms with E-state index in [1.165, 1.54) is 5.56 Å². The molecule has 0 bridgehead atoms. The predicted molar refractivity (Wildman–Crippen MR) is 81.0 cm³/mol. The van der Waals surface area contributed by atoms with Crippen LogP contribution in [-0.2, 0) is 22.6 Å². The van der Waals surface area contributed by atoms with Crippen LogP contribution in [-0.4, -0.2) is 28.7 Å². The van der Waals surface area contributed by atoms with Crippen molar-refractivity contribution >= 4 is 17.7 Å². The van der Waals surface area contributed by atoms with Crippen LogP contribution in [0.15, 0.2) is 18.2 Å². The van der Waals surface area contributed by atoms with E-state index in [1.807, 2.05) is 12.1 Å². The number of nitrogens with zero attached hydrogens (tertiary/aromatic N) is 1. The Balaban J connectivity index is 1.88. The average molecular weight is 300 g/mol. The third-order valence-electron chi connectivity index (χ3n) is 4.31. The molecule has 2 heterocycles. The molecule has 1 aromatic rings. The predicted octanol–water partition coefficient (Wildman–Crippen LogP) is 1.65. The van der Waals surface area contributed by atoms with Gasteiger partial charge in [-0.3, -0.25) is 19.7 Å².